The summed E-state index contributed by atoms with van der Waals surface area (Å²) in [6, 6.07) is 0.426. The Morgan fingerprint density at radius 3 is 2.76 bits per heavy atom. The maximum absolute atomic E-state index is 8.62. The van der Waals surface area contributed by atoms with Crippen molar-refractivity contribution in [3.05, 3.63) is 11.9 Å². The fourth-order valence-corrected chi connectivity index (χ4v) is 1.54. The molecule has 0 atom stereocenters. The van der Waals surface area contributed by atoms with Crippen LogP contribution in [0.5, 0.6) is 0 Å². The fourth-order valence-electron chi connectivity index (χ4n) is 1.54. The normalized spacial score (nSPS) is 11.6. The standard InChI is InChI=1S/C11H22N4O2/c1-10(2)15(4-6-17-7-5-16)9-11-8-14(3)13-12-11/h8,10,16H,4-7,9H2,1-3H3. The van der Waals surface area contributed by atoms with Crippen molar-refractivity contribution in [2.45, 2.75) is 26.4 Å². The van der Waals surface area contributed by atoms with Gasteiger partial charge in [0.05, 0.1) is 25.5 Å². The number of aliphatic hydroxyl groups excluding tert-OH is 1. The maximum Gasteiger partial charge on any atom is 0.0967 e. The quantitative estimate of drug-likeness (QED) is 0.652. The van der Waals surface area contributed by atoms with Crippen LogP contribution in [-0.2, 0) is 18.3 Å². The van der Waals surface area contributed by atoms with E-state index in [1.165, 1.54) is 0 Å². The molecule has 0 fully saturated rings. The molecule has 0 aliphatic heterocycles. The van der Waals surface area contributed by atoms with Crippen molar-refractivity contribution < 1.29 is 9.84 Å². The van der Waals surface area contributed by atoms with E-state index in [0.717, 1.165) is 18.8 Å². The van der Waals surface area contributed by atoms with E-state index in [1.807, 2.05) is 13.2 Å². The molecule has 1 aromatic rings. The lowest BCUT2D eigenvalue weighted by atomic mass is 10.3. The summed E-state index contributed by atoms with van der Waals surface area (Å²) in [5.74, 6) is 0. The van der Waals surface area contributed by atoms with E-state index in [0.29, 0.717) is 19.3 Å². The van der Waals surface area contributed by atoms with Crippen LogP contribution in [0.3, 0.4) is 0 Å². The molecule has 0 saturated heterocycles. The summed E-state index contributed by atoms with van der Waals surface area (Å²) in [5, 5.41) is 16.6. The number of rotatable bonds is 8. The molecular formula is C11H22N4O2. The minimum Gasteiger partial charge on any atom is -0.394 e. The number of hydrogen-bond donors (Lipinski definition) is 1. The Hall–Kier alpha value is -0.980. The minimum atomic E-state index is 0.0752. The highest BCUT2D eigenvalue weighted by molar-refractivity contribution is 4.92. The van der Waals surface area contributed by atoms with Crippen molar-refractivity contribution >= 4 is 0 Å². The Labute approximate surface area is 102 Å². The zero-order chi connectivity index (χ0) is 12.7. The van der Waals surface area contributed by atoms with Crippen LogP contribution in [0.25, 0.3) is 0 Å². The van der Waals surface area contributed by atoms with Crippen molar-refractivity contribution in [1.82, 2.24) is 19.9 Å². The number of hydrogen-bond acceptors (Lipinski definition) is 5. The highest BCUT2D eigenvalue weighted by atomic mass is 16.5. The average Bonchev–Trinajstić information content (AvgIpc) is 2.68. The Morgan fingerprint density at radius 1 is 1.47 bits per heavy atom. The van der Waals surface area contributed by atoms with Crippen LogP contribution in [-0.4, -0.2) is 57.4 Å². The largest absolute Gasteiger partial charge is 0.394 e. The van der Waals surface area contributed by atoms with Crippen LogP contribution >= 0.6 is 0 Å². The van der Waals surface area contributed by atoms with Gasteiger partial charge >= 0.3 is 0 Å². The van der Waals surface area contributed by atoms with E-state index in [9.17, 15) is 0 Å². The van der Waals surface area contributed by atoms with Gasteiger partial charge in [0.1, 0.15) is 0 Å². The molecule has 17 heavy (non-hydrogen) atoms. The van der Waals surface area contributed by atoms with Gasteiger partial charge in [-0.2, -0.15) is 0 Å². The summed E-state index contributed by atoms with van der Waals surface area (Å²) in [6.07, 6.45) is 1.92. The Balaban J connectivity index is 2.38. The van der Waals surface area contributed by atoms with Crippen LogP contribution in [0, 0.1) is 0 Å². The summed E-state index contributed by atoms with van der Waals surface area (Å²) in [5.41, 5.74) is 0.961. The van der Waals surface area contributed by atoms with E-state index in [-0.39, 0.29) is 6.61 Å². The van der Waals surface area contributed by atoms with Gasteiger partial charge in [-0.15, -0.1) is 5.10 Å². The molecule has 0 bridgehead atoms. The minimum absolute atomic E-state index is 0.0752. The topological polar surface area (TPSA) is 63.4 Å². The summed E-state index contributed by atoms with van der Waals surface area (Å²) in [4.78, 5) is 2.27. The first-order valence-electron chi connectivity index (χ1n) is 5.91. The first-order valence-corrected chi connectivity index (χ1v) is 5.91. The number of ether oxygens (including phenoxy) is 1. The second kappa shape index (κ2) is 7.37. The molecule has 1 rings (SSSR count). The molecule has 98 valence electrons. The number of aliphatic hydroxyl groups is 1. The molecule has 6 nitrogen and oxygen atoms in total. The monoisotopic (exact) mass is 242 g/mol. The molecular weight excluding hydrogens is 220 g/mol. The predicted molar refractivity (Wildman–Crippen MR) is 64.5 cm³/mol. The first kappa shape index (κ1) is 14.1. The van der Waals surface area contributed by atoms with Crippen molar-refractivity contribution in [3.8, 4) is 0 Å². The van der Waals surface area contributed by atoms with Gasteiger partial charge in [-0.05, 0) is 13.8 Å². The number of aryl methyl sites for hydroxylation is 1. The molecule has 0 aliphatic carbocycles. The van der Waals surface area contributed by atoms with Gasteiger partial charge in [-0.1, -0.05) is 5.21 Å². The van der Waals surface area contributed by atoms with Crippen LogP contribution in [0.4, 0.5) is 0 Å². The lowest BCUT2D eigenvalue weighted by Gasteiger charge is -2.25. The summed E-state index contributed by atoms with van der Waals surface area (Å²) < 4.78 is 6.98. The van der Waals surface area contributed by atoms with E-state index in [4.69, 9.17) is 9.84 Å². The Bertz CT molecular complexity index is 314. The van der Waals surface area contributed by atoms with Crippen molar-refractivity contribution in [2.24, 2.45) is 7.05 Å². The molecule has 0 aliphatic rings. The van der Waals surface area contributed by atoms with E-state index < -0.39 is 0 Å². The molecule has 1 aromatic heterocycles. The van der Waals surface area contributed by atoms with Gasteiger partial charge in [-0.25, -0.2) is 0 Å². The van der Waals surface area contributed by atoms with Gasteiger partial charge in [0.25, 0.3) is 0 Å². The van der Waals surface area contributed by atoms with Crippen molar-refractivity contribution in [3.63, 3.8) is 0 Å². The number of nitrogens with zero attached hydrogens (tertiary/aromatic N) is 4. The molecule has 1 heterocycles. The van der Waals surface area contributed by atoms with Crippen LogP contribution < -0.4 is 0 Å². The third-order valence-corrected chi connectivity index (χ3v) is 2.50. The lowest BCUT2D eigenvalue weighted by Crippen LogP contribution is -2.33. The molecule has 6 heteroatoms. The van der Waals surface area contributed by atoms with Crippen LogP contribution in [0.15, 0.2) is 6.20 Å². The molecule has 0 aromatic carbocycles. The Kier molecular flexibility index (Phi) is 6.10. The van der Waals surface area contributed by atoms with Gasteiger partial charge in [0.2, 0.25) is 0 Å². The van der Waals surface area contributed by atoms with Crippen molar-refractivity contribution in [2.75, 3.05) is 26.4 Å². The average molecular weight is 242 g/mol. The summed E-state index contributed by atoms with van der Waals surface area (Å²) in [6.45, 7) is 6.98. The lowest BCUT2D eigenvalue weighted by molar-refractivity contribution is 0.0643. The SMILES string of the molecule is CC(C)N(CCOCCO)Cc1cn(C)nn1. The van der Waals surface area contributed by atoms with E-state index in [1.54, 1.807) is 4.68 Å². The van der Waals surface area contributed by atoms with Gasteiger partial charge < -0.3 is 9.84 Å². The Morgan fingerprint density at radius 2 is 2.24 bits per heavy atom. The smallest absolute Gasteiger partial charge is 0.0967 e. The van der Waals surface area contributed by atoms with Gasteiger partial charge in [0.15, 0.2) is 0 Å². The third-order valence-electron chi connectivity index (χ3n) is 2.50. The molecule has 1 N–H and O–H groups in total. The first-order chi connectivity index (χ1) is 8.13. The van der Waals surface area contributed by atoms with Gasteiger partial charge in [-0.3, -0.25) is 9.58 Å². The molecule has 0 unspecified atom stereocenters. The molecule has 0 saturated carbocycles. The number of aromatic nitrogens is 3. The molecule has 0 amide bonds. The zero-order valence-electron chi connectivity index (χ0n) is 10.8. The molecule has 0 radical (unpaired) electrons. The highest BCUT2D eigenvalue weighted by Crippen LogP contribution is 2.04. The van der Waals surface area contributed by atoms with Crippen molar-refractivity contribution in [1.29, 1.82) is 0 Å². The maximum atomic E-state index is 8.62. The second-order valence-electron chi connectivity index (χ2n) is 4.28. The van der Waals surface area contributed by atoms with Crippen LogP contribution in [0.2, 0.25) is 0 Å². The molecule has 0 spiro atoms. The van der Waals surface area contributed by atoms with E-state index >= 15 is 0 Å². The zero-order valence-corrected chi connectivity index (χ0v) is 10.8. The predicted octanol–water partition coefficient (Wildman–Crippen LogP) is 0.0344. The third kappa shape index (κ3) is 5.25. The highest BCUT2D eigenvalue weighted by Gasteiger charge is 2.11. The second-order valence-corrected chi connectivity index (χ2v) is 4.28. The van der Waals surface area contributed by atoms with Crippen LogP contribution in [0.1, 0.15) is 19.5 Å². The fraction of sp³-hybridized carbons (Fsp3) is 0.818. The van der Waals surface area contributed by atoms with E-state index in [2.05, 4.69) is 29.1 Å². The van der Waals surface area contributed by atoms with Gasteiger partial charge in [0, 0.05) is 32.4 Å². The summed E-state index contributed by atoms with van der Waals surface area (Å²) >= 11 is 0. The summed E-state index contributed by atoms with van der Waals surface area (Å²) in [7, 11) is 1.86.